The first-order valence-corrected chi connectivity index (χ1v) is 9.85. The number of benzene rings is 1. The fourth-order valence-corrected chi connectivity index (χ4v) is 7.27. The molecule has 0 aliphatic heterocycles. The predicted molar refractivity (Wildman–Crippen MR) is 95.7 cm³/mol. The fourth-order valence-electron chi connectivity index (χ4n) is 2.19. The van der Waals surface area contributed by atoms with Gasteiger partial charge in [-0.05, 0) is 66.0 Å². The van der Waals surface area contributed by atoms with Gasteiger partial charge in [-0.2, -0.15) is 0 Å². The van der Waals surface area contributed by atoms with Crippen LogP contribution in [0.3, 0.4) is 0 Å². The third-order valence-corrected chi connectivity index (χ3v) is 7.85. The molecule has 90 valence electrons. The molecule has 0 spiro atoms. The molecule has 0 saturated carbocycles. The van der Waals surface area contributed by atoms with Gasteiger partial charge in [-0.15, -0.1) is 34.0 Å². The van der Waals surface area contributed by atoms with Crippen LogP contribution in [0.5, 0.6) is 0 Å². The molecule has 0 unspecified atom stereocenters. The Balaban J connectivity index is 2.43. The molecule has 3 heterocycles. The van der Waals surface area contributed by atoms with Gasteiger partial charge in [0.15, 0.2) is 0 Å². The molecule has 4 rings (SSSR count). The lowest BCUT2D eigenvalue weighted by Crippen LogP contribution is -1.67. The summed E-state index contributed by atoms with van der Waals surface area (Å²) in [7, 11) is 0. The van der Waals surface area contributed by atoms with E-state index in [1.165, 1.54) is 41.6 Å². The van der Waals surface area contributed by atoms with Gasteiger partial charge in [-0.1, -0.05) is 0 Å². The first-order chi connectivity index (χ1) is 8.63. The summed E-state index contributed by atoms with van der Waals surface area (Å²) in [5.74, 6) is 0. The van der Waals surface area contributed by atoms with Crippen LogP contribution in [-0.2, 0) is 0 Å². The van der Waals surface area contributed by atoms with Gasteiger partial charge in [0.25, 0.3) is 0 Å². The summed E-state index contributed by atoms with van der Waals surface area (Å²) in [6.07, 6.45) is 0. The first kappa shape index (κ1) is 12.3. The minimum Gasteiger partial charge on any atom is -0.127 e. The maximum Gasteiger partial charge on any atom is 0.0711 e. The van der Waals surface area contributed by atoms with Crippen molar-refractivity contribution >= 4 is 112 Å². The van der Waals surface area contributed by atoms with E-state index in [4.69, 9.17) is 0 Å². The Hall–Kier alpha value is 0.540. The zero-order valence-corrected chi connectivity index (χ0v) is 15.8. The van der Waals surface area contributed by atoms with E-state index in [1.807, 2.05) is 34.0 Å². The van der Waals surface area contributed by atoms with Crippen molar-refractivity contribution in [1.82, 2.24) is 0 Å². The summed E-state index contributed by atoms with van der Waals surface area (Å²) in [5.41, 5.74) is 0. The zero-order valence-electron chi connectivity index (χ0n) is 8.59. The topological polar surface area (TPSA) is 0 Å². The molecule has 0 bridgehead atoms. The van der Waals surface area contributed by atoms with Gasteiger partial charge in [-0.3, -0.25) is 0 Å². The van der Waals surface area contributed by atoms with Crippen molar-refractivity contribution < 1.29 is 0 Å². The van der Waals surface area contributed by atoms with Gasteiger partial charge < -0.3 is 0 Å². The molecule has 0 fully saturated rings. The summed E-state index contributed by atoms with van der Waals surface area (Å²) < 4.78 is 7.71. The number of rotatable bonds is 0. The van der Waals surface area contributed by atoms with Gasteiger partial charge in [0.05, 0.1) is 11.4 Å². The summed E-state index contributed by atoms with van der Waals surface area (Å²) in [4.78, 5) is 0. The molecule has 0 N–H and O–H groups in total. The molecule has 0 atom stereocenters. The molecule has 3 aromatic heterocycles. The normalized spacial score (nSPS) is 12.2. The van der Waals surface area contributed by atoms with Crippen LogP contribution in [-0.4, -0.2) is 0 Å². The third kappa shape index (κ3) is 1.70. The summed E-state index contributed by atoms with van der Waals surface area (Å²) in [6.45, 7) is 0. The van der Waals surface area contributed by atoms with Crippen LogP contribution >= 0.6 is 81.8 Å². The van der Waals surface area contributed by atoms with E-state index in [0.717, 1.165) is 0 Å². The average molecular weight is 483 g/mol. The second-order valence-corrected chi connectivity index (χ2v) is 11.2. The molecule has 0 aliphatic rings. The number of hydrogen-bond donors (Lipinski definition) is 0. The largest absolute Gasteiger partial charge is 0.127 e. The summed E-state index contributed by atoms with van der Waals surface area (Å²) >= 11 is 16.3. The quantitative estimate of drug-likeness (QED) is 0.242. The Labute approximate surface area is 140 Å². The molecule has 0 radical (unpaired) electrons. The number of thiophene rings is 3. The Bertz CT molecular complexity index is 695. The Morgan fingerprint density at radius 3 is 1.11 bits per heavy atom. The van der Waals surface area contributed by atoms with E-state index in [2.05, 4.69) is 66.0 Å². The molecule has 0 aliphatic carbocycles. The first-order valence-electron chi connectivity index (χ1n) is 5.02. The highest BCUT2D eigenvalue weighted by Gasteiger charge is 2.15. The van der Waals surface area contributed by atoms with Crippen LogP contribution in [0.25, 0.3) is 30.3 Å². The Morgan fingerprint density at radius 2 is 0.833 bits per heavy atom. The summed E-state index contributed by atoms with van der Waals surface area (Å²) in [6, 6.07) is 6.70. The van der Waals surface area contributed by atoms with Crippen molar-refractivity contribution in [3.05, 3.63) is 29.6 Å². The van der Waals surface area contributed by atoms with E-state index < -0.39 is 0 Å². The highest BCUT2D eigenvalue weighted by Crippen LogP contribution is 2.48. The molecule has 0 amide bonds. The smallest absolute Gasteiger partial charge is 0.0711 e. The van der Waals surface area contributed by atoms with Crippen LogP contribution in [0.1, 0.15) is 0 Å². The van der Waals surface area contributed by atoms with E-state index in [0.29, 0.717) is 0 Å². The second kappa shape index (κ2) is 4.27. The minimum atomic E-state index is 1.19. The molecule has 6 heteroatoms. The molecule has 0 saturated heterocycles. The number of halogens is 3. The third-order valence-electron chi connectivity index (χ3n) is 2.84. The van der Waals surface area contributed by atoms with Crippen LogP contribution in [0.15, 0.2) is 29.6 Å². The van der Waals surface area contributed by atoms with Crippen molar-refractivity contribution in [1.29, 1.82) is 0 Å². The van der Waals surface area contributed by atoms with Gasteiger partial charge >= 0.3 is 0 Å². The number of fused-ring (bicyclic) bond motifs is 6. The lowest BCUT2D eigenvalue weighted by Gasteiger charge is -1.96. The SMILES string of the molecule is Brc1cc2c(s1)c1cc(Br)sc1c1cc(Br)sc21. The van der Waals surface area contributed by atoms with Crippen LogP contribution < -0.4 is 0 Å². The number of hydrogen-bond acceptors (Lipinski definition) is 3. The van der Waals surface area contributed by atoms with E-state index in [1.54, 1.807) is 0 Å². The molecule has 18 heavy (non-hydrogen) atoms. The molecule has 0 nitrogen and oxygen atoms in total. The van der Waals surface area contributed by atoms with Crippen molar-refractivity contribution in [2.45, 2.75) is 0 Å². The molecule has 4 aromatic rings. The van der Waals surface area contributed by atoms with Crippen molar-refractivity contribution in [3.8, 4) is 0 Å². The van der Waals surface area contributed by atoms with Crippen LogP contribution in [0.2, 0.25) is 0 Å². The zero-order chi connectivity index (χ0) is 12.4. The standard InChI is InChI=1S/C12H3Br3S3/c13-7-1-4-10(16-7)5-2-9(15)18-12(5)6-3-8(14)17-11(4)6/h1-3H. The van der Waals surface area contributed by atoms with E-state index in [9.17, 15) is 0 Å². The Kier molecular flexibility index (Phi) is 2.91. The second-order valence-electron chi connectivity index (χ2n) is 3.88. The molecular weight excluding hydrogens is 480 g/mol. The van der Waals surface area contributed by atoms with Gasteiger partial charge in [0.2, 0.25) is 0 Å². The predicted octanol–water partition coefficient (Wildman–Crippen LogP) is 7.62. The van der Waals surface area contributed by atoms with Gasteiger partial charge in [0, 0.05) is 30.3 Å². The highest BCUT2D eigenvalue weighted by molar-refractivity contribution is 9.11. The minimum absolute atomic E-state index is 1.19. The lowest BCUT2D eigenvalue weighted by atomic mass is 10.1. The van der Waals surface area contributed by atoms with E-state index >= 15 is 0 Å². The van der Waals surface area contributed by atoms with Crippen molar-refractivity contribution in [2.75, 3.05) is 0 Å². The summed E-state index contributed by atoms with van der Waals surface area (Å²) in [5, 5.41) is 4.07. The Morgan fingerprint density at radius 1 is 0.556 bits per heavy atom. The lowest BCUT2D eigenvalue weighted by molar-refractivity contribution is 2.06. The average Bonchev–Trinajstić information content (AvgIpc) is 2.93. The maximum atomic E-state index is 3.61. The maximum absolute atomic E-state index is 3.61. The van der Waals surface area contributed by atoms with Crippen molar-refractivity contribution in [3.63, 3.8) is 0 Å². The molecular formula is C12H3Br3S3. The fraction of sp³-hybridized carbons (Fsp3) is 0. The van der Waals surface area contributed by atoms with Gasteiger partial charge in [0.1, 0.15) is 0 Å². The molecule has 1 aromatic carbocycles. The van der Waals surface area contributed by atoms with E-state index in [-0.39, 0.29) is 0 Å². The van der Waals surface area contributed by atoms with Crippen molar-refractivity contribution in [2.24, 2.45) is 0 Å². The van der Waals surface area contributed by atoms with Crippen LogP contribution in [0.4, 0.5) is 0 Å². The van der Waals surface area contributed by atoms with Gasteiger partial charge in [-0.25, -0.2) is 0 Å². The highest BCUT2D eigenvalue weighted by atomic mass is 79.9. The monoisotopic (exact) mass is 480 g/mol. The van der Waals surface area contributed by atoms with Crippen LogP contribution in [0, 0.1) is 0 Å².